The van der Waals surface area contributed by atoms with Crippen LogP contribution in [0.15, 0.2) is 21.6 Å². The van der Waals surface area contributed by atoms with Gasteiger partial charge in [-0.25, -0.2) is 4.79 Å². The summed E-state index contributed by atoms with van der Waals surface area (Å²) in [4.78, 5) is 41.1. The molecular formula is C7H9N2O5P. The minimum absolute atomic E-state index is 0.268. The Balaban J connectivity index is 3.24. The third-order valence-electron chi connectivity index (χ3n) is 1.57. The first-order valence-corrected chi connectivity index (χ1v) is 5.54. The van der Waals surface area contributed by atoms with Crippen LogP contribution in [0.2, 0.25) is 0 Å². The fourth-order valence-corrected chi connectivity index (χ4v) is 1.17. The van der Waals surface area contributed by atoms with Gasteiger partial charge in [-0.2, -0.15) is 0 Å². The number of aryl methyl sites for hydroxylation is 1. The summed E-state index contributed by atoms with van der Waals surface area (Å²) in [6.45, 7) is 1.47. The van der Waals surface area contributed by atoms with Crippen LogP contribution < -0.4 is 11.2 Å². The topological polar surface area (TPSA) is 112 Å². The molecule has 0 aromatic carbocycles. The van der Waals surface area contributed by atoms with Gasteiger partial charge in [0, 0.05) is 23.8 Å². The second kappa shape index (κ2) is 3.98. The molecule has 0 saturated heterocycles. The van der Waals surface area contributed by atoms with E-state index in [-0.39, 0.29) is 5.56 Å². The molecule has 1 aromatic heterocycles. The Morgan fingerprint density at radius 1 is 1.47 bits per heavy atom. The third-order valence-corrected chi connectivity index (χ3v) is 2.09. The molecule has 3 N–H and O–H groups in total. The lowest BCUT2D eigenvalue weighted by atomic mass is 10.4. The average molecular weight is 232 g/mol. The number of aromatic nitrogens is 2. The monoisotopic (exact) mass is 232 g/mol. The van der Waals surface area contributed by atoms with Gasteiger partial charge in [0.2, 0.25) is 0 Å². The number of hydrogen-bond donors (Lipinski definition) is 3. The summed E-state index contributed by atoms with van der Waals surface area (Å²) in [6, 6.07) is 0. The van der Waals surface area contributed by atoms with E-state index in [0.29, 0.717) is 5.82 Å². The van der Waals surface area contributed by atoms with Crippen LogP contribution in [0.5, 0.6) is 0 Å². The molecule has 1 aromatic rings. The molecule has 0 atom stereocenters. The predicted molar refractivity (Wildman–Crippen MR) is 53.4 cm³/mol. The Labute approximate surface area is 83.9 Å². The highest BCUT2D eigenvalue weighted by atomic mass is 31.2. The molecule has 0 bridgehead atoms. The van der Waals surface area contributed by atoms with Gasteiger partial charge in [0.25, 0.3) is 5.56 Å². The van der Waals surface area contributed by atoms with Crippen molar-refractivity contribution in [1.29, 1.82) is 0 Å². The van der Waals surface area contributed by atoms with Crippen LogP contribution in [0, 0.1) is 6.92 Å². The first kappa shape index (κ1) is 11.6. The third kappa shape index (κ3) is 3.32. The van der Waals surface area contributed by atoms with E-state index < -0.39 is 18.8 Å². The lowest BCUT2D eigenvalue weighted by Gasteiger charge is -1.99. The predicted octanol–water partition coefficient (Wildman–Crippen LogP) is -0.549. The highest BCUT2D eigenvalue weighted by Crippen LogP contribution is 2.35. The lowest BCUT2D eigenvalue weighted by molar-refractivity contribution is 0.386. The van der Waals surface area contributed by atoms with Crippen LogP contribution in [0.1, 0.15) is 5.56 Å². The maximum atomic E-state index is 11.1. The Morgan fingerprint density at radius 2 is 2.07 bits per heavy atom. The SMILES string of the molecule is Cc1cn(/C=C/P(=O)(O)O)c(=O)[nH]c1=O. The highest BCUT2D eigenvalue weighted by Gasteiger charge is 2.06. The Morgan fingerprint density at radius 3 is 2.60 bits per heavy atom. The number of nitrogens with zero attached hydrogens (tertiary/aromatic N) is 1. The highest BCUT2D eigenvalue weighted by molar-refractivity contribution is 7.55. The molecule has 7 nitrogen and oxygen atoms in total. The van der Waals surface area contributed by atoms with Crippen LogP contribution in [-0.2, 0) is 4.57 Å². The standard InChI is InChI=1S/C7H9N2O5P/c1-5-4-9(2-3-15(12,13)14)7(11)8-6(5)10/h2-4H,1H3,(H,8,10,11)(H2,12,13,14)/b3-2+. The van der Waals surface area contributed by atoms with Crippen molar-refractivity contribution in [3.63, 3.8) is 0 Å². The van der Waals surface area contributed by atoms with Gasteiger partial charge in [-0.15, -0.1) is 0 Å². The van der Waals surface area contributed by atoms with E-state index in [1.807, 2.05) is 4.98 Å². The fraction of sp³-hybridized carbons (Fsp3) is 0.143. The molecule has 15 heavy (non-hydrogen) atoms. The van der Waals surface area contributed by atoms with Crippen LogP contribution in [0.4, 0.5) is 0 Å². The maximum absolute atomic E-state index is 11.1. The molecule has 8 heteroatoms. The zero-order chi connectivity index (χ0) is 11.6. The Hall–Kier alpha value is -1.43. The molecular weight excluding hydrogens is 223 g/mol. The van der Waals surface area contributed by atoms with Crippen molar-refractivity contribution in [3.8, 4) is 0 Å². The number of aromatic amines is 1. The lowest BCUT2D eigenvalue weighted by Crippen LogP contribution is -2.28. The van der Waals surface area contributed by atoms with Gasteiger partial charge in [0.1, 0.15) is 0 Å². The van der Waals surface area contributed by atoms with Crippen molar-refractivity contribution < 1.29 is 14.4 Å². The van der Waals surface area contributed by atoms with E-state index in [1.54, 1.807) is 0 Å². The van der Waals surface area contributed by atoms with Crippen molar-refractivity contribution in [3.05, 3.63) is 38.4 Å². The molecule has 0 aliphatic heterocycles. The van der Waals surface area contributed by atoms with E-state index in [0.717, 1.165) is 10.8 Å². The van der Waals surface area contributed by atoms with Gasteiger partial charge >= 0.3 is 13.3 Å². The van der Waals surface area contributed by atoms with E-state index in [9.17, 15) is 14.2 Å². The van der Waals surface area contributed by atoms with Crippen molar-refractivity contribution >= 4 is 13.8 Å². The first-order valence-electron chi connectivity index (χ1n) is 3.86. The molecule has 1 rings (SSSR count). The van der Waals surface area contributed by atoms with Gasteiger partial charge in [0.15, 0.2) is 0 Å². The van der Waals surface area contributed by atoms with E-state index >= 15 is 0 Å². The summed E-state index contributed by atoms with van der Waals surface area (Å²) in [5, 5.41) is 0. The minimum atomic E-state index is -4.31. The quantitative estimate of drug-likeness (QED) is 0.592. The van der Waals surface area contributed by atoms with Crippen LogP contribution in [0.3, 0.4) is 0 Å². The Kier molecular flexibility index (Phi) is 3.09. The van der Waals surface area contributed by atoms with Gasteiger partial charge in [-0.3, -0.25) is 18.9 Å². The first-order chi connectivity index (χ1) is 6.79. The molecule has 0 aliphatic rings. The molecule has 0 spiro atoms. The van der Waals surface area contributed by atoms with Crippen molar-refractivity contribution in [1.82, 2.24) is 9.55 Å². The van der Waals surface area contributed by atoms with Gasteiger partial charge < -0.3 is 9.79 Å². The Bertz CT molecular complexity index is 549. The fourth-order valence-electron chi connectivity index (χ4n) is 0.856. The van der Waals surface area contributed by atoms with E-state index in [1.165, 1.54) is 13.1 Å². The van der Waals surface area contributed by atoms with Crippen molar-refractivity contribution in [2.45, 2.75) is 6.92 Å². The molecule has 0 saturated carbocycles. The summed E-state index contributed by atoms with van der Waals surface area (Å²) < 4.78 is 11.4. The summed E-state index contributed by atoms with van der Waals surface area (Å²) >= 11 is 0. The smallest absolute Gasteiger partial charge is 0.321 e. The zero-order valence-electron chi connectivity index (χ0n) is 7.75. The molecule has 0 unspecified atom stereocenters. The van der Waals surface area contributed by atoms with Crippen molar-refractivity contribution in [2.24, 2.45) is 0 Å². The average Bonchev–Trinajstić information content (AvgIpc) is 2.07. The van der Waals surface area contributed by atoms with E-state index in [4.69, 9.17) is 9.79 Å². The molecule has 0 aliphatic carbocycles. The van der Waals surface area contributed by atoms with Gasteiger partial charge in [0.05, 0.1) is 0 Å². The van der Waals surface area contributed by atoms with Crippen molar-refractivity contribution in [2.75, 3.05) is 0 Å². The number of rotatable bonds is 2. The molecule has 82 valence electrons. The van der Waals surface area contributed by atoms with Crippen LogP contribution >= 0.6 is 7.60 Å². The van der Waals surface area contributed by atoms with Crippen LogP contribution in [-0.4, -0.2) is 19.3 Å². The van der Waals surface area contributed by atoms with Gasteiger partial charge in [-0.05, 0) is 6.92 Å². The summed E-state index contributed by atoms with van der Waals surface area (Å²) in [7, 11) is -4.31. The maximum Gasteiger partial charge on any atom is 0.350 e. The molecule has 1 heterocycles. The number of nitrogens with one attached hydrogen (secondary N) is 1. The minimum Gasteiger partial charge on any atom is -0.321 e. The van der Waals surface area contributed by atoms with E-state index in [2.05, 4.69) is 0 Å². The molecule has 0 radical (unpaired) electrons. The summed E-state index contributed by atoms with van der Waals surface area (Å²) in [5.74, 6) is 0.576. The summed E-state index contributed by atoms with van der Waals surface area (Å²) in [6.07, 6.45) is 2.10. The number of H-pyrrole nitrogens is 1. The second-order valence-electron chi connectivity index (χ2n) is 2.87. The molecule has 0 amide bonds. The zero-order valence-corrected chi connectivity index (χ0v) is 8.64. The summed E-state index contributed by atoms with van der Waals surface area (Å²) in [5.41, 5.74) is -1.01. The largest absolute Gasteiger partial charge is 0.350 e. The molecule has 0 fully saturated rings. The van der Waals surface area contributed by atoms with Gasteiger partial charge in [-0.1, -0.05) is 0 Å². The second-order valence-corrected chi connectivity index (χ2v) is 4.34. The normalized spacial score (nSPS) is 12.2. The number of hydrogen-bond acceptors (Lipinski definition) is 3. The van der Waals surface area contributed by atoms with Crippen LogP contribution in [0.25, 0.3) is 6.20 Å².